The molecule has 12 rings (SSSR count). The molecule has 0 fully saturated rings. The van der Waals surface area contributed by atoms with Crippen LogP contribution in [0.1, 0.15) is 0 Å². The lowest BCUT2D eigenvalue weighted by molar-refractivity contribution is 1.24. The third-order valence-corrected chi connectivity index (χ3v) is 13.7. The van der Waals surface area contributed by atoms with Crippen LogP contribution in [0.5, 0.6) is 0 Å². The van der Waals surface area contributed by atoms with Crippen LogP contribution in [0.25, 0.3) is 86.7 Å². The molecule has 0 atom stereocenters. The second kappa shape index (κ2) is 13.8. The van der Waals surface area contributed by atoms with Crippen molar-refractivity contribution in [3.8, 4) is 44.9 Å². The molecule has 1 aliphatic rings. The quantitative estimate of drug-likeness (QED) is 0.168. The van der Waals surface area contributed by atoms with Crippen molar-refractivity contribution in [3.63, 3.8) is 0 Å². The number of benzene rings is 9. The van der Waals surface area contributed by atoms with E-state index in [0.717, 1.165) is 60.7 Å². The number of hydrogen-bond donors (Lipinski definition) is 0. The summed E-state index contributed by atoms with van der Waals surface area (Å²) in [6.07, 6.45) is 0. The van der Waals surface area contributed by atoms with E-state index in [1.54, 1.807) is 11.3 Å². The Balaban J connectivity index is 1.07. The van der Waals surface area contributed by atoms with Crippen molar-refractivity contribution in [2.45, 2.75) is 9.79 Å². The SMILES string of the molecule is c1ccc(-c2cccc(-c3nc(-c4ccc5c6c(cccc46)-c4c(cccc4N(c4ccccc4)c4ccc6ccccc6c4)S5)nc4c3sc3ccccc34)c2)cc1. The van der Waals surface area contributed by atoms with Gasteiger partial charge < -0.3 is 4.90 Å². The van der Waals surface area contributed by atoms with Crippen LogP contribution in [-0.2, 0) is 0 Å². The minimum absolute atomic E-state index is 0.732. The summed E-state index contributed by atoms with van der Waals surface area (Å²) in [7, 11) is 0. The van der Waals surface area contributed by atoms with E-state index in [1.165, 1.54) is 52.9 Å². The molecule has 1 aliphatic heterocycles. The second-order valence-corrected chi connectivity index (χ2v) is 17.0. The molecule has 3 heterocycles. The van der Waals surface area contributed by atoms with Crippen molar-refractivity contribution in [2.75, 3.05) is 4.90 Å². The number of anilines is 3. The minimum atomic E-state index is 0.732. The molecular weight excluding hydrogens is 755 g/mol. The lowest BCUT2D eigenvalue weighted by Gasteiger charge is -2.31. The van der Waals surface area contributed by atoms with Crippen LogP contribution >= 0.6 is 23.1 Å². The molecule has 0 radical (unpaired) electrons. The Morgan fingerprint density at radius 1 is 0.441 bits per heavy atom. The first-order chi connectivity index (χ1) is 29.2. The zero-order chi connectivity index (χ0) is 38.9. The molecule has 3 nitrogen and oxygen atoms in total. The summed E-state index contributed by atoms with van der Waals surface area (Å²) in [4.78, 5) is 15.8. The number of para-hydroxylation sites is 1. The fraction of sp³-hybridized carbons (Fsp3) is 0. The number of nitrogens with zero attached hydrogens (tertiary/aromatic N) is 3. The van der Waals surface area contributed by atoms with E-state index in [9.17, 15) is 0 Å². The first-order valence-corrected chi connectivity index (χ1v) is 21.4. The molecule has 0 bridgehead atoms. The van der Waals surface area contributed by atoms with E-state index < -0.39 is 0 Å². The highest BCUT2D eigenvalue weighted by Gasteiger charge is 2.27. The molecule has 0 N–H and O–H groups in total. The average Bonchev–Trinajstić information content (AvgIpc) is 3.68. The van der Waals surface area contributed by atoms with Gasteiger partial charge in [0, 0.05) is 53.3 Å². The van der Waals surface area contributed by atoms with Crippen LogP contribution in [0.2, 0.25) is 0 Å². The van der Waals surface area contributed by atoms with Gasteiger partial charge in [-0.3, -0.25) is 0 Å². The van der Waals surface area contributed by atoms with Crippen LogP contribution < -0.4 is 4.90 Å². The second-order valence-electron chi connectivity index (χ2n) is 14.9. The van der Waals surface area contributed by atoms with Gasteiger partial charge >= 0.3 is 0 Å². The van der Waals surface area contributed by atoms with Gasteiger partial charge in [0.05, 0.1) is 21.6 Å². The number of aromatic nitrogens is 2. The lowest BCUT2D eigenvalue weighted by atomic mass is 9.93. The molecular formula is C54H33N3S2. The standard InChI is InChI=1S/C54H33N3S2/c1-3-14-34(15-4-1)36-18-11-19-38(32-36)51-53-52(43-22-9-10-26-46(43)59-53)56-54(55-51)42-30-31-48-49-41(42)23-12-24-44(49)50-45(25-13-27-47(50)58-48)57(39-20-5-2-6-21-39)40-29-28-35-16-7-8-17-37(35)33-40/h1-33H. The molecule has 276 valence electrons. The normalized spacial score (nSPS) is 12.0. The maximum Gasteiger partial charge on any atom is 0.161 e. The van der Waals surface area contributed by atoms with E-state index in [2.05, 4.69) is 205 Å². The van der Waals surface area contributed by atoms with Gasteiger partial charge in [0.2, 0.25) is 0 Å². The third kappa shape index (κ3) is 5.65. The monoisotopic (exact) mass is 787 g/mol. The molecule has 0 unspecified atom stereocenters. The Bertz CT molecular complexity index is 3430. The average molecular weight is 788 g/mol. The molecule has 2 aromatic heterocycles. The zero-order valence-corrected chi connectivity index (χ0v) is 33.3. The Morgan fingerprint density at radius 2 is 1.17 bits per heavy atom. The number of hydrogen-bond acceptors (Lipinski definition) is 5. The van der Waals surface area contributed by atoms with E-state index in [1.807, 2.05) is 11.8 Å². The van der Waals surface area contributed by atoms with E-state index >= 15 is 0 Å². The van der Waals surface area contributed by atoms with Gasteiger partial charge in [-0.05, 0) is 93.5 Å². The van der Waals surface area contributed by atoms with Gasteiger partial charge in [0.15, 0.2) is 5.82 Å². The van der Waals surface area contributed by atoms with Crippen LogP contribution in [0.15, 0.2) is 210 Å². The smallest absolute Gasteiger partial charge is 0.161 e. The van der Waals surface area contributed by atoms with Crippen LogP contribution in [0, 0.1) is 0 Å². The molecule has 0 spiro atoms. The number of fused-ring (bicyclic) bond motifs is 6. The lowest BCUT2D eigenvalue weighted by Crippen LogP contribution is -2.12. The summed E-state index contributed by atoms with van der Waals surface area (Å²) in [5, 5.41) is 5.97. The van der Waals surface area contributed by atoms with Crippen molar-refractivity contribution in [3.05, 3.63) is 200 Å². The summed E-state index contributed by atoms with van der Waals surface area (Å²) < 4.78 is 2.31. The van der Waals surface area contributed by atoms with Crippen molar-refractivity contribution in [1.82, 2.24) is 9.97 Å². The van der Waals surface area contributed by atoms with Crippen molar-refractivity contribution in [1.29, 1.82) is 0 Å². The fourth-order valence-corrected chi connectivity index (χ4v) is 11.1. The summed E-state index contributed by atoms with van der Waals surface area (Å²) in [6.45, 7) is 0. The van der Waals surface area contributed by atoms with Gasteiger partial charge in [-0.2, -0.15) is 0 Å². The first-order valence-electron chi connectivity index (χ1n) is 19.8. The maximum absolute atomic E-state index is 5.50. The maximum atomic E-state index is 5.50. The molecule has 0 saturated carbocycles. The van der Waals surface area contributed by atoms with Gasteiger partial charge in [0.25, 0.3) is 0 Å². The summed E-state index contributed by atoms with van der Waals surface area (Å²) in [5.74, 6) is 0.732. The Hall–Kier alpha value is -7.05. The molecule has 0 aliphatic carbocycles. The molecule has 0 amide bonds. The predicted molar refractivity (Wildman–Crippen MR) is 250 cm³/mol. The first kappa shape index (κ1) is 34.0. The van der Waals surface area contributed by atoms with Gasteiger partial charge in [0.1, 0.15) is 0 Å². The van der Waals surface area contributed by atoms with Gasteiger partial charge in [-0.15, -0.1) is 11.3 Å². The largest absolute Gasteiger partial charge is 0.310 e. The topological polar surface area (TPSA) is 29.0 Å². The van der Waals surface area contributed by atoms with Crippen LogP contribution in [0.3, 0.4) is 0 Å². The number of thiophene rings is 1. The number of rotatable bonds is 6. The van der Waals surface area contributed by atoms with Gasteiger partial charge in [-0.1, -0.05) is 151 Å². The molecule has 0 saturated heterocycles. The minimum Gasteiger partial charge on any atom is -0.310 e. The summed E-state index contributed by atoms with van der Waals surface area (Å²) >= 11 is 3.61. The van der Waals surface area contributed by atoms with E-state index in [-0.39, 0.29) is 0 Å². The summed E-state index contributed by atoms with van der Waals surface area (Å²) in [6, 6.07) is 72.0. The highest BCUT2D eigenvalue weighted by molar-refractivity contribution is 7.99. The highest BCUT2D eigenvalue weighted by atomic mass is 32.2. The molecule has 11 aromatic rings. The van der Waals surface area contributed by atoms with Crippen molar-refractivity contribution in [2.24, 2.45) is 0 Å². The Kier molecular flexibility index (Phi) is 7.96. The Morgan fingerprint density at radius 3 is 2.07 bits per heavy atom. The van der Waals surface area contributed by atoms with E-state index in [0.29, 0.717) is 0 Å². The fourth-order valence-electron chi connectivity index (χ4n) is 8.75. The zero-order valence-electron chi connectivity index (χ0n) is 31.7. The third-order valence-electron chi connectivity index (χ3n) is 11.4. The molecule has 5 heteroatoms. The molecule has 59 heavy (non-hydrogen) atoms. The summed E-state index contributed by atoms with van der Waals surface area (Å²) in [5.41, 5.74) is 12.2. The predicted octanol–water partition coefficient (Wildman–Crippen LogP) is 15.8. The molecule has 9 aromatic carbocycles. The van der Waals surface area contributed by atoms with E-state index in [4.69, 9.17) is 9.97 Å². The Labute approximate surface area is 349 Å². The highest BCUT2D eigenvalue weighted by Crippen LogP contribution is 2.54. The van der Waals surface area contributed by atoms with Crippen molar-refractivity contribution >= 4 is 82.0 Å². The van der Waals surface area contributed by atoms with Gasteiger partial charge in [-0.25, -0.2) is 9.97 Å². The van der Waals surface area contributed by atoms with Crippen LogP contribution in [-0.4, -0.2) is 9.97 Å². The van der Waals surface area contributed by atoms with Crippen molar-refractivity contribution < 1.29 is 0 Å². The van der Waals surface area contributed by atoms with Crippen LogP contribution in [0.4, 0.5) is 17.1 Å².